The average molecular weight is 305 g/mol. The van der Waals surface area contributed by atoms with E-state index < -0.39 is 12.1 Å². The second kappa shape index (κ2) is 8.38. The van der Waals surface area contributed by atoms with Gasteiger partial charge in [-0.3, -0.25) is 10.2 Å². The van der Waals surface area contributed by atoms with E-state index >= 15 is 0 Å². The van der Waals surface area contributed by atoms with Gasteiger partial charge in [-0.05, 0) is 17.9 Å². The zero-order valence-corrected chi connectivity index (χ0v) is 12.6. The molecule has 6 nitrogen and oxygen atoms in total. The number of rotatable bonds is 6. The summed E-state index contributed by atoms with van der Waals surface area (Å²) in [7, 11) is 0. The number of nitrogens with one attached hydrogen (secondary N) is 2. The monoisotopic (exact) mass is 305 g/mol. The lowest BCUT2D eigenvalue weighted by atomic mass is 9.98. The lowest BCUT2D eigenvalue weighted by Crippen LogP contribution is -2.49. The van der Waals surface area contributed by atoms with Gasteiger partial charge in [-0.2, -0.15) is 0 Å². The molecule has 120 valence electrons. The molecule has 1 aromatic carbocycles. The van der Waals surface area contributed by atoms with Crippen molar-refractivity contribution in [1.29, 1.82) is 0 Å². The summed E-state index contributed by atoms with van der Waals surface area (Å²) in [5.41, 5.74) is 3.01. The molecule has 1 atom stereocenters. The van der Waals surface area contributed by atoms with Gasteiger partial charge in [0.05, 0.1) is 0 Å². The first-order chi connectivity index (χ1) is 10.7. The van der Waals surface area contributed by atoms with Crippen molar-refractivity contribution in [3.8, 4) is 0 Å². The maximum absolute atomic E-state index is 11.9. The Balaban J connectivity index is 1.83. The summed E-state index contributed by atoms with van der Waals surface area (Å²) in [6.45, 7) is 0.174. The Hall–Kier alpha value is -2.08. The molecule has 1 aromatic rings. The standard InChI is InChI=1S/C16H23N3O3/c17-19-15(20)14(10-12-6-4-5-7-12)18-16(21)22-11-13-8-2-1-3-9-13/h1-3,8-9,12,14H,4-7,10-11,17H2,(H,18,21)(H,19,20)/t14-/m0/s1. The van der Waals surface area contributed by atoms with E-state index in [1.165, 1.54) is 12.8 Å². The highest BCUT2D eigenvalue weighted by Gasteiger charge is 2.26. The normalized spacial score (nSPS) is 16.0. The minimum atomic E-state index is -0.642. The zero-order valence-electron chi connectivity index (χ0n) is 12.6. The molecule has 0 heterocycles. The molecule has 2 amide bonds. The van der Waals surface area contributed by atoms with Gasteiger partial charge in [0.1, 0.15) is 12.6 Å². The molecule has 1 aliphatic rings. The molecule has 1 saturated carbocycles. The van der Waals surface area contributed by atoms with Crippen LogP contribution in [0.3, 0.4) is 0 Å². The van der Waals surface area contributed by atoms with Gasteiger partial charge in [0.15, 0.2) is 0 Å². The van der Waals surface area contributed by atoms with Crippen LogP contribution >= 0.6 is 0 Å². The molecule has 0 spiro atoms. The Kier molecular flexibility index (Phi) is 6.21. The zero-order chi connectivity index (χ0) is 15.8. The number of hydrogen-bond donors (Lipinski definition) is 3. The first-order valence-corrected chi connectivity index (χ1v) is 7.66. The summed E-state index contributed by atoms with van der Waals surface area (Å²) < 4.78 is 5.15. The largest absolute Gasteiger partial charge is 0.445 e. The summed E-state index contributed by atoms with van der Waals surface area (Å²) in [6, 6.07) is 8.75. The van der Waals surface area contributed by atoms with Crippen LogP contribution in [-0.2, 0) is 16.1 Å². The number of ether oxygens (including phenoxy) is 1. The summed E-state index contributed by atoms with van der Waals surface area (Å²) in [5.74, 6) is 5.27. The minimum Gasteiger partial charge on any atom is -0.445 e. The Morgan fingerprint density at radius 3 is 2.55 bits per heavy atom. The van der Waals surface area contributed by atoms with E-state index in [2.05, 4.69) is 10.7 Å². The first-order valence-electron chi connectivity index (χ1n) is 7.66. The minimum absolute atomic E-state index is 0.174. The highest BCUT2D eigenvalue weighted by Crippen LogP contribution is 2.28. The van der Waals surface area contributed by atoms with Crippen molar-refractivity contribution in [3.05, 3.63) is 35.9 Å². The molecule has 0 unspecified atom stereocenters. The van der Waals surface area contributed by atoms with Gasteiger partial charge in [-0.25, -0.2) is 10.6 Å². The van der Waals surface area contributed by atoms with Crippen LogP contribution in [0, 0.1) is 5.92 Å². The van der Waals surface area contributed by atoms with Gasteiger partial charge in [0.25, 0.3) is 5.91 Å². The highest BCUT2D eigenvalue weighted by atomic mass is 16.5. The van der Waals surface area contributed by atoms with E-state index in [4.69, 9.17) is 10.6 Å². The van der Waals surface area contributed by atoms with Gasteiger partial charge in [-0.1, -0.05) is 56.0 Å². The van der Waals surface area contributed by atoms with Crippen LogP contribution < -0.4 is 16.6 Å². The maximum atomic E-state index is 11.9. The predicted molar refractivity (Wildman–Crippen MR) is 82.5 cm³/mol. The molecule has 2 rings (SSSR count). The Morgan fingerprint density at radius 2 is 1.91 bits per heavy atom. The third-order valence-corrected chi connectivity index (χ3v) is 4.01. The molecule has 1 aliphatic carbocycles. The SMILES string of the molecule is NNC(=O)[C@H](CC1CCCC1)NC(=O)OCc1ccccc1. The van der Waals surface area contributed by atoms with Crippen molar-refractivity contribution >= 4 is 12.0 Å². The molecule has 6 heteroatoms. The molecule has 0 bridgehead atoms. The Bertz CT molecular complexity index is 487. The number of amides is 2. The maximum Gasteiger partial charge on any atom is 0.408 e. The van der Waals surface area contributed by atoms with Crippen LogP contribution in [0.5, 0.6) is 0 Å². The molecular weight excluding hydrogens is 282 g/mol. The fourth-order valence-electron chi connectivity index (χ4n) is 2.82. The van der Waals surface area contributed by atoms with Crippen molar-refractivity contribution < 1.29 is 14.3 Å². The molecular formula is C16H23N3O3. The summed E-state index contributed by atoms with van der Waals surface area (Å²) in [5, 5.41) is 2.61. The third kappa shape index (κ3) is 5.04. The second-order valence-corrected chi connectivity index (χ2v) is 5.65. The fraction of sp³-hybridized carbons (Fsp3) is 0.500. The fourth-order valence-corrected chi connectivity index (χ4v) is 2.82. The first kappa shape index (κ1) is 16.3. The topological polar surface area (TPSA) is 93.5 Å². The molecule has 1 fully saturated rings. The van der Waals surface area contributed by atoms with Crippen LogP contribution in [0.2, 0.25) is 0 Å². The highest BCUT2D eigenvalue weighted by molar-refractivity contribution is 5.85. The third-order valence-electron chi connectivity index (χ3n) is 4.01. The molecule has 0 aliphatic heterocycles. The number of nitrogens with two attached hydrogens (primary N) is 1. The van der Waals surface area contributed by atoms with Gasteiger partial charge in [0, 0.05) is 0 Å². The van der Waals surface area contributed by atoms with Crippen LogP contribution in [0.15, 0.2) is 30.3 Å². The molecule has 22 heavy (non-hydrogen) atoms. The quantitative estimate of drug-likeness (QED) is 0.425. The van der Waals surface area contributed by atoms with E-state index in [-0.39, 0.29) is 12.5 Å². The van der Waals surface area contributed by atoms with E-state index in [0.717, 1.165) is 18.4 Å². The lowest BCUT2D eigenvalue weighted by molar-refractivity contribution is -0.123. The Morgan fingerprint density at radius 1 is 1.23 bits per heavy atom. The van der Waals surface area contributed by atoms with Gasteiger partial charge >= 0.3 is 6.09 Å². The van der Waals surface area contributed by atoms with Crippen molar-refractivity contribution in [1.82, 2.24) is 10.7 Å². The number of alkyl carbamates (subject to hydrolysis) is 1. The average Bonchev–Trinajstić information content (AvgIpc) is 3.05. The van der Waals surface area contributed by atoms with Crippen molar-refractivity contribution in [2.45, 2.75) is 44.8 Å². The van der Waals surface area contributed by atoms with E-state index in [1.54, 1.807) is 0 Å². The van der Waals surface area contributed by atoms with Crippen molar-refractivity contribution in [2.75, 3.05) is 0 Å². The van der Waals surface area contributed by atoms with Gasteiger partial charge < -0.3 is 10.1 Å². The van der Waals surface area contributed by atoms with E-state index in [9.17, 15) is 9.59 Å². The Labute approximate surface area is 130 Å². The molecule has 0 radical (unpaired) electrons. The van der Waals surface area contributed by atoms with Crippen LogP contribution in [0.1, 0.15) is 37.7 Å². The summed E-state index contributed by atoms with van der Waals surface area (Å²) in [4.78, 5) is 23.7. The van der Waals surface area contributed by atoms with Crippen molar-refractivity contribution in [2.24, 2.45) is 11.8 Å². The molecule has 0 saturated heterocycles. The van der Waals surface area contributed by atoms with Crippen LogP contribution in [0.25, 0.3) is 0 Å². The predicted octanol–water partition coefficient (Wildman–Crippen LogP) is 1.85. The summed E-state index contributed by atoms with van der Waals surface area (Å²) in [6.07, 6.45) is 4.55. The van der Waals surface area contributed by atoms with E-state index in [1.807, 2.05) is 30.3 Å². The number of benzene rings is 1. The summed E-state index contributed by atoms with van der Waals surface area (Å²) >= 11 is 0. The number of hydrogen-bond acceptors (Lipinski definition) is 4. The van der Waals surface area contributed by atoms with Crippen molar-refractivity contribution in [3.63, 3.8) is 0 Å². The molecule has 0 aromatic heterocycles. The number of hydrazine groups is 1. The van der Waals surface area contributed by atoms with Gasteiger partial charge in [0.2, 0.25) is 0 Å². The number of carbonyl (C=O) groups excluding carboxylic acids is 2. The smallest absolute Gasteiger partial charge is 0.408 e. The van der Waals surface area contributed by atoms with Crippen LogP contribution in [-0.4, -0.2) is 18.0 Å². The van der Waals surface area contributed by atoms with Crippen LogP contribution in [0.4, 0.5) is 4.79 Å². The van der Waals surface area contributed by atoms with Gasteiger partial charge in [-0.15, -0.1) is 0 Å². The second-order valence-electron chi connectivity index (χ2n) is 5.65. The number of carbonyl (C=O) groups is 2. The lowest BCUT2D eigenvalue weighted by Gasteiger charge is -2.20. The molecule has 4 N–H and O–H groups in total. The van der Waals surface area contributed by atoms with E-state index in [0.29, 0.717) is 12.3 Å².